The van der Waals surface area contributed by atoms with Crippen molar-refractivity contribution >= 4 is 17.3 Å². The Kier molecular flexibility index (Phi) is 6.54. The van der Waals surface area contributed by atoms with E-state index in [1.165, 1.54) is 17.0 Å². The summed E-state index contributed by atoms with van der Waals surface area (Å²) in [5.74, 6) is 2.16. The van der Waals surface area contributed by atoms with E-state index >= 15 is 0 Å². The van der Waals surface area contributed by atoms with Crippen LogP contribution in [0, 0.1) is 12.7 Å². The van der Waals surface area contributed by atoms with Crippen molar-refractivity contribution in [3.63, 3.8) is 0 Å². The minimum absolute atomic E-state index is 0.217. The molecule has 0 saturated carbocycles. The number of guanidine groups is 1. The summed E-state index contributed by atoms with van der Waals surface area (Å²) in [5, 5.41) is 16.9. The fourth-order valence-electron chi connectivity index (χ4n) is 2.47. The van der Waals surface area contributed by atoms with Crippen LogP contribution in [-0.2, 0) is 26.6 Å². The number of nitrogens with zero attached hydrogens (tertiary/aromatic N) is 4. The van der Waals surface area contributed by atoms with Gasteiger partial charge in [0.1, 0.15) is 18.2 Å². The number of aliphatic imine (C=N–C) groups is 1. The maximum Gasteiger partial charge on any atom is 0.192 e. The van der Waals surface area contributed by atoms with Gasteiger partial charge in [-0.15, -0.1) is 21.5 Å². The van der Waals surface area contributed by atoms with Crippen molar-refractivity contribution in [1.29, 1.82) is 0 Å². The summed E-state index contributed by atoms with van der Waals surface area (Å²) in [6.45, 7) is 3.75. The Labute approximate surface area is 162 Å². The number of nitrogens with one attached hydrogen (secondary N) is 2. The zero-order chi connectivity index (χ0) is 19.1. The lowest BCUT2D eigenvalue weighted by molar-refractivity contribution is 0.626. The summed E-state index contributed by atoms with van der Waals surface area (Å²) in [4.78, 5) is 5.86. The topological polar surface area (TPSA) is 67.1 Å². The summed E-state index contributed by atoms with van der Waals surface area (Å²) in [5.41, 5.74) is 1.07. The van der Waals surface area contributed by atoms with E-state index in [0.29, 0.717) is 25.6 Å². The number of hydrogen-bond acceptors (Lipinski definition) is 4. The zero-order valence-electron chi connectivity index (χ0n) is 15.4. The van der Waals surface area contributed by atoms with E-state index in [-0.39, 0.29) is 5.82 Å². The van der Waals surface area contributed by atoms with Gasteiger partial charge in [0.25, 0.3) is 0 Å². The van der Waals surface area contributed by atoms with Gasteiger partial charge in [0, 0.05) is 18.5 Å². The highest BCUT2D eigenvalue weighted by atomic mass is 32.1. The molecule has 0 bridgehead atoms. The van der Waals surface area contributed by atoms with Crippen LogP contribution in [0.5, 0.6) is 0 Å². The van der Waals surface area contributed by atoms with Gasteiger partial charge in [-0.05, 0) is 42.5 Å². The molecule has 0 amide bonds. The number of aromatic nitrogens is 3. The molecule has 0 spiro atoms. The predicted octanol–water partition coefficient (Wildman–Crippen LogP) is 2.80. The standard InChI is InChI=1S/C19H23FN6S/c1-14-24-25-18(26(14)2)13-23-19(22-12-17-4-3-11-27-17)21-10-9-15-5-7-16(20)8-6-15/h3-8,11H,9-10,12-13H2,1-2H3,(H2,21,22,23). The van der Waals surface area contributed by atoms with Gasteiger partial charge in [0.15, 0.2) is 11.8 Å². The van der Waals surface area contributed by atoms with Crippen LogP contribution in [0.4, 0.5) is 4.39 Å². The quantitative estimate of drug-likeness (QED) is 0.484. The molecule has 3 rings (SSSR count). The summed E-state index contributed by atoms with van der Waals surface area (Å²) in [6.07, 6.45) is 0.781. The first-order valence-electron chi connectivity index (χ1n) is 8.75. The number of hydrogen-bond donors (Lipinski definition) is 2. The maximum atomic E-state index is 13.0. The van der Waals surface area contributed by atoms with E-state index in [1.807, 2.05) is 24.6 Å². The zero-order valence-corrected chi connectivity index (χ0v) is 16.3. The molecular weight excluding hydrogens is 363 g/mol. The molecule has 6 nitrogen and oxygen atoms in total. The van der Waals surface area contributed by atoms with Crippen LogP contribution in [0.2, 0.25) is 0 Å². The molecule has 2 N–H and O–H groups in total. The molecule has 3 aromatic rings. The van der Waals surface area contributed by atoms with Crippen molar-refractivity contribution in [2.75, 3.05) is 6.54 Å². The van der Waals surface area contributed by atoms with Crippen molar-refractivity contribution in [2.24, 2.45) is 12.0 Å². The smallest absolute Gasteiger partial charge is 0.192 e. The highest BCUT2D eigenvalue weighted by molar-refractivity contribution is 7.09. The van der Waals surface area contributed by atoms with Gasteiger partial charge >= 0.3 is 0 Å². The fourth-order valence-corrected chi connectivity index (χ4v) is 3.12. The third-order valence-corrected chi connectivity index (χ3v) is 5.07. The Bertz CT molecular complexity index is 870. The molecule has 0 atom stereocenters. The number of halogens is 1. The molecule has 27 heavy (non-hydrogen) atoms. The van der Waals surface area contributed by atoms with Crippen molar-refractivity contribution in [1.82, 2.24) is 25.4 Å². The Balaban J connectivity index is 1.60. The summed E-state index contributed by atoms with van der Waals surface area (Å²) in [6, 6.07) is 10.7. The van der Waals surface area contributed by atoms with Crippen LogP contribution in [0.3, 0.4) is 0 Å². The van der Waals surface area contributed by atoms with Crippen LogP contribution in [-0.4, -0.2) is 27.3 Å². The van der Waals surface area contributed by atoms with Crippen molar-refractivity contribution in [2.45, 2.75) is 26.4 Å². The Morgan fingerprint density at radius 2 is 2.00 bits per heavy atom. The van der Waals surface area contributed by atoms with Crippen LogP contribution in [0.15, 0.2) is 46.8 Å². The average molecular weight is 387 g/mol. The molecule has 0 aliphatic carbocycles. The Hall–Kier alpha value is -2.74. The highest BCUT2D eigenvalue weighted by Gasteiger charge is 2.06. The number of aryl methyl sites for hydroxylation is 1. The largest absolute Gasteiger partial charge is 0.356 e. The van der Waals surface area contributed by atoms with E-state index in [4.69, 9.17) is 0 Å². The number of benzene rings is 1. The van der Waals surface area contributed by atoms with Gasteiger partial charge in [-0.25, -0.2) is 9.38 Å². The van der Waals surface area contributed by atoms with Crippen LogP contribution in [0.1, 0.15) is 22.1 Å². The average Bonchev–Trinajstić information content (AvgIpc) is 3.30. The Morgan fingerprint density at radius 1 is 1.19 bits per heavy atom. The van der Waals surface area contributed by atoms with Crippen molar-refractivity contribution < 1.29 is 4.39 Å². The van der Waals surface area contributed by atoms with E-state index in [2.05, 4.69) is 37.3 Å². The summed E-state index contributed by atoms with van der Waals surface area (Å²) < 4.78 is 14.9. The molecule has 0 radical (unpaired) electrons. The van der Waals surface area contributed by atoms with Crippen LogP contribution >= 0.6 is 11.3 Å². The first-order chi connectivity index (χ1) is 13.1. The normalized spacial score (nSPS) is 11.6. The molecule has 0 saturated heterocycles. The lowest BCUT2D eigenvalue weighted by Gasteiger charge is -2.12. The molecule has 0 fully saturated rings. The van der Waals surface area contributed by atoms with Crippen LogP contribution in [0.25, 0.3) is 0 Å². The molecular formula is C19H23FN6S. The van der Waals surface area contributed by atoms with Crippen molar-refractivity contribution in [3.8, 4) is 0 Å². The monoisotopic (exact) mass is 386 g/mol. The van der Waals surface area contributed by atoms with Gasteiger partial charge in [-0.1, -0.05) is 18.2 Å². The lowest BCUT2D eigenvalue weighted by atomic mass is 10.1. The Morgan fingerprint density at radius 3 is 2.67 bits per heavy atom. The minimum atomic E-state index is -0.217. The molecule has 1 aromatic carbocycles. The number of rotatable bonds is 7. The third kappa shape index (κ3) is 5.62. The lowest BCUT2D eigenvalue weighted by Crippen LogP contribution is -2.38. The van der Waals surface area contributed by atoms with Gasteiger partial charge in [-0.2, -0.15) is 0 Å². The summed E-state index contributed by atoms with van der Waals surface area (Å²) in [7, 11) is 1.93. The molecule has 0 unspecified atom stereocenters. The van der Waals surface area contributed by atoms with E-state index in [9.17, 15) is 4.39 Å². The van der Waals surface area contributed by atoms with Gasteiger partial charge in [-0.3, -0.25) is 0 Å². The number of thiophene rings is 1. The molecule has 8 heteroatoms. The molecule has 2 aromatic heterocycles. The van der Waals surface area contributed by atoms with Gasteiger partial charge in [0.05, 0.1) is 6.54 Å². The molecule has 142 valence electrons. The predicted molar refractivity (Wildman–Crippen MR) is 106 cm³/mol. The second-order valence-electron chi connectivity index (χ2n) is 6.12. The first-order valence-corrected chi connectivity index (χ1v) is 9.63. The third-order valence-electron chi connectivity index (χ3n) is 4.19. The molecule has 0 aliphatic rings. The molecule has 2 heterocycles. The van der Waals surface area contributed by atoms with E-state index in [0.717, 1.165) is 23.6 Å². The summed E-state index contributed by atoms with van der Waals surface area (Å²) >= 11 is 1.70. The van der Waals surface area contributed by atoms with Crippen molar-refractivity contribution in [3.05, 3.63) is 69.7 Å². The second-order valence-corrected chi connectivity index (χ2v) is 7.16. The highest BCUT2D eigenvalue weighted by Crippen LogP contribution is 2.07. The van der Waals surface area contributed by atoms with Gasteiger partial charge < -0.3 is 15.2 Å². The fraction of sp³-hybridized carbons (Fsp3) is 0.316. The van der Waals surface area contributed by atoms with E-state index in [1.54, 1.807) is 23.5 Å². The first kappa shape index (κ1) is 19.0. The SMILES string of the molecule is Cc1nnc(CN=C(NCCc2ccc(F)cc2)NCc2cccs2)n1C. The second kappa shape index (κ2) is 9.27. The van der Waals surface area contributed by atoms with E-state index < -0.39 is 0 Å². The minimum Gasteiger partial charge on any atom is -0.356 e. The maximum absolute atomic E-state index is 13.0. The molecule has 0 aliphatic heterocycles. The van der Waals surface area contributed by atoms with Gasteiger partial charge in [0.2, 0.25) is 0 Å². The van der Waals surface area contributed by atoms with Crippen LogP contribution < -0.4 is 10.6 Å².